The van der Waals surface area contributed by atoms with Gasteiger partial charge >= 0.3 is 0 Å². The molecule has 2 aliphatic rings. The molecule has 2 heterocycles. The molecule has 25 heavy (non-hydrogen) atoms. The van der Waals surface area contributed by atoms with Crippen molar-refractivity contribution in [1.29, 1.82) is 0 Å². The van der Waals surface area contributed by atoms with Gasteiger partial charge in [-0.3, -0.25) is 0 Å². The van der Waals surface area contributed by atoms with Gasteiger partial charge in [0.25, 0.3) is 0 Å². The lowest BCUT2D eigenvalue weighted by atomic mass is 10.0. The largest absolute Gasteiger partial charge is 0.372 e. The van der Waals surface area contributed by atoms with Gasteiger partial charge in [0.05, 0.1) is 13.1 Å². The van der Waals surface area contributed by atoms with Crippen molar-refractivity contribution in [2.45, 2.75) is 51.7 Å². The van der Waals surface area contributed by atoms with Crippen molar-refractivity contribution in [1.82, 2.24) is 4.90 Å². The van der Waals surface area contributed by atoms with Gasteiger partial charge < -0.3 is 19.9 Å². The number of nitrogens with one attached hydrogen (secondary N) is 2. The second-order valence-electron chi connectivity index (χ2n) is 7.64. The summed E-state index contributed by atoms with van der Waals surface area (Å²) in [5.41, 5.74) is 3.66. The van der Waals surface area contributed by atoms with Crippen LogP contribution in [0.25, 0.3) is 0 Å². The number of hydrogen-bond acceptors (Lipinski definition) is 2. The molecule has 0 saturated carbocycles. The molecule has 2 aliphatic heterocycles. The number of likely N-dealkylation sites (tertiary alicyclic amines) is 1. The minimum absolute atomic E-state index is 0.477. The number of thiocarbonyl (C=S) groups is 1. The van der Waals surface area contributed by atoms with E-state index in [1.54, 1.807) is 4.90 Å². The van der Waals surface area contributed by atoms with Crippen LogP contribution in [0.1, 0.15) is 36.8 Å². The topological polar surface area (TPSA) is 28.9 Å². The van der Waals surface area contributed by atoms with Crippen molar-refractivity contribution in [2.24, 2.45) is 0 Å². The van der Waals surface area contributed by atoms with E-state index in [1.807, 2.05) is 0 Å². The van der Waals surface area contributed by atoms with Crippen LogP contribution in [0.4, 0.5) is 5.69 Å². The number of benzene rings is 1. The van der Waals surface area contributed by atoms with Crippen LogP contribution in [-0.4, -0.2) is 55.4 Å². The first-order chi connectivity index (χ1) is 12.0. The molecule has 0 aromatic heterocycles. The number of aryl methyl sites for hydroxylation is 2. The predicted molar refractivity (Wildman–Crippen MR) is 107 cm³/mol. The maximum Gasteiger partial charge on any atom is 0.173 e. The fourth-order valence-electron chi connectivity index (χ4n) is 4.10. The van der Waals surface area contributed by atoms with Crippen LogP contribution in [0.3, 0.4) is 0 Å². The van der Waals surface area contributed by atoms with Crippen LogP contribution in [0.2, 0.25) is 0 Å². The van der Waals surface area contributed by atoms with Crippen LogP contribution in [-0.2, 0) is 4.74 Å². The first-order valence-corrected chi connectivity index (χ1v) is 10.0. The number of anilines is 1. The second-order valence-corrected chi connectivity index (χ2v) is 8.03. The maximum atomic E-state index is 5.80. The summed E-state index contributed by atoms with van der Waals surface area (Å²) in [6.45, 7) is 8.46. The summed E-state index contributed by atoms with van der Waals surface area (Å²) in [6, 6.07) is 7.08. The fraction of sp³-hybridized carbons (Fsp3) is 0.650. The molecule has 1 aromatic carbocycles. The zero-order chi connectivity index (χ0) is 17.8. The number of piperidine rings is 1. The third-order valence-electron chi connectivity index (χ3n) is 5.77. The van der Waals surface area contributed by atoms with Crippen molar-refractivity contribution in [3.05, 3.63) is 29.3 Å². The van der Waals surface area contributed by atoms with Gasteiger partial charge in [0, 0.05) is 38.2 Å². The zero-order valence-electron chi connectivity index (χ0n) is 15.8. The van der Waals surface area contributed by atoms with Crippen molar-refractivity contribution < 1.29 is 9.64 Å². The SMILES string of the molecule is Cc1cccc(C)c1NC(=S)N1CCC([NH+](C)CC2CCCO2)CC1. The molecule has 0 amide bonds. The second kappa shape index (κ2) is 8.47. The molecule has 4 nitrogen and oxygen atoms in total. The molecule has 0 bridgehead atoms. The number of quaternary nitrogens is 1. The van der Waals surface area contributed by atoms with E-state index in [-0.39, 0.29) is 0 Å². The molecular formula is C20H32N3OS+. The fourth-order valence-corrected chi connectivity index (χ4v) is 4.39. The smallest absolute Gasteiger partial charge is 0.173 e. The Hall–Kier alpha value is -1.17. The van der Waals surface area contributed by atoms with E-state index in [2.05, 4.69) is 49.3 Å². The van der Waals surface area contributed by atoms with Crippen LogP contribution in [0.15, 0.2) is 18.2 Å². The average molecular weight is 363 g/mol. The summed E-state index contributed by atoms with van der Waals surface area (Å²) in [5, 5.41) is 4.35. The third kappa shape index (κ3) is 4.72. The normalized spacial score (nSPS) is 22.8. The van der Waals surface area contributed by atoms with Gasteiger partial charge in [0.1, 0.15) is 12.6 Å². The van der Waals surface area contributed by atoms with Gasteiger partial charge in [-0.05, 0) is 50.0 Å². The zero-order valence-corrected chi connectivity index (χ0v) is 16.6. The van der Waals surface area contributed by atoms with Crippen molar-refractivity contribution >= 4 is 23.0 Å². The Balaban J connectivity index is 1.49. The summed E-state index contributed by atoms with van der Waals surface area (Å²) < 4.78 is 5.80. The van der Waals surface area contributed by atoms with Crippen LogP contribution in [0.5, 0.6) is 0 Å². The molecule has 2 N–H and O–H groups in total. The molecule has 5 heteroatoms. The van der Waals surface area contributed by atoms with Gasteiger partial charge in [-0.1, -0.05) is 18.2 Å². The van der Waals surface area contributed by atoms with Crippen molar-refractivity contribution in [3.63, 3.8) is 0 Å². The number of hydrogen-bond donors (Lipinski definition) is 2. The molecule has 3 rings (SSSR count). The first-order valence-electron chi connectivity index (χ1n) is 9.60. The third-order valence-corrected chi connectivity index (χ3v) is 6.13. The van der Waals surface area contributed by atoms with Gasteiger partial charge in [-0.2, -0.15) is 0 Å². The summed E-state index contributed by atoms with van der Waals surface area (Å²) in [4.78, 5) is 3.96. The standard InChI is InChI=1S/C20H31N3OS/c1-15-6-4-7-16(2)19(15)21-20(25)23-11-9-17(10-12-23)22(3)14-18-8-5-13-24-18/h4,6-7,17-18H,5,8-14H2,1-3H3,(H,21,25)/p+1. The summed E-state index contributed by atoms with van der Waals surface area (Å²) in [7, 11) is 2.33. The highest BCUT2D eigenvalue weighted by molar-refractivity contribution is 7.80. The monoisotopic (exact) mass is 362 g/mol. The van der Waals surface area contributed by atoms with E-state index >= 15 is 0 Å². The van der Waals surface area contributed by atoms with E-state index in [9.17, 15) is 0 Å². The Bertz CT molecular complexity index is 572. The molecule has 1 aromatic rings. The number of likely N-dealkylation sites (N-methyl/N-ethyl adjacent to an activating group) is 1. The van der Waals surface area contributed by atoms with Crippen LogP contribution < -0.4 is 10.2 Å². The first kappa shape index (κ1) is 18.6. The van der Waals surface area contributed by atoms with Crippen molar-refractivity contribution in [2.75, 3.05) is 38.6 Å². The molecule has 2 unspecified atom stereocenters. The Kier molecular flexibility index (Phi) is 6.31. The Morgan fingerprint density at radius 1 is 1.24 bits per heavy atom. The molecule has 138 valence electrons. The number of ether oxygens (including phenoxy) is 1. The number of para-hydroxylation sites is 1. The Morgan fingerprint density at radius 2 is 1.92 bits per heavy atom. The summed E-state index contributed by atoms with van der Waals surface area (Å²) in [5.74, 6) is 0. The molecule has 2 atom stereocenters. The molecule has 0 radical (unpaired) electrons. The van der Waals surface area contributed by atoms with E-state index in [1.165, 1.54) is 36.8 Å². The number of rotatable bonds is 4. The van der Waals surface area contributed by atoms with Crippen LogP contribution >= 0.6 is 12.2 Å². The molecule has 2 fully saturated rings. The molecular weight excluding hydrogens is 330 g/mol. The van der Waals surface area contributed by atoms with Gasteiger partial charge in [0.2, 0.25) is 0 Å². The molecule has 0 spiro atoms. The van der Waals surface area contributed by atoms with Crippen molar-refractivity contribution in [3.8, 4) is 0 Å². The highest BCUT2D eigenvalue weighted by Gasteiger charge is 2.29. The summed E-state index contributed by atoms with van der Waals surface area (Å²) in [6.07, 6.45) is 5.35. The lowest BCUT2D eigenvalue weighted by Crippen LogP contribution is -3.14. The quantitative estimate of drug-likeness (QED) is 0.803. The molecule has 2 saturated heterocycles. The minimum atomic E-state index is 0.477. The Labute approximate surface area is 157 Å². The Morgan fingerprint density at radius 3 is 2.52 bits per heavy atom. The van der Waals surface area contributed by atoms with Gasteiger partial charge in [-0.15, -0.1) is 0 Å². The van der Waals surface area contributed by atoms with Gasteiger partial charge in [-0.25, -0.2) is 0 Å². The summed E-state index contributed by atoms with van der Waals surface area (Å²) >= 11 is 5.68. The van der Waals surface area contributed by atoms with E-state index in [0.717, 1.165) is 43.1 Å². The van der Waals surface area contributed by atoms with Gasteiger partial charge in [0.15, 0.2) is 5.11 Å². The highest BCUT2D eigenvalue weighted by Crippen LogP contribution is 2.21. The predicted octanol–water partition coefficient (Wildman–Crippen LogP) is 2.16. The average Bonchev–Trinajstić information content (AvgIpc) is 3.11. The molecule has 0 aliphatic carbocycles. The van der Waals surface area contributed by atoms with E-state index in [4.69, 9.17) is 17.0 Å². The minimum Gasteiger partial charge on any atom is -0.372 e. The van der Waals surface area contributed by atoms with Crippen LogP contribution in [0, 0.1) is 13.8 Å². The maximum absolute atomic E-state index is 5.80. The highest BCUT2D eigenvalue weighted by atomic mass is 32.1. The van der Waals surface area contributed by atoms with E-state index in [0.29, 0.717) is 6.10 Å². The number of nitrogens with zero attached hydrogens (tertiary/aromatic N) is 1. The lowest BCUT2D eigenvalue weighted by Gasteiger charge is -2.36. The van der Waals surface area contributed by atoms with E-state index < -0.39 is 0 Å². The lowest BCUT2D eigenvalue weighted by molar-refractivity contribution is -0.910.